The lowest BCUT2D eigenvalue weighted by molar-refractivity contribution is -0.150. The quantitative estimate of drug-likeness (QED) is 0.0685. The summed E-state index contributed by atoms with van der Waals surface area (Å²) in [5, 5.41) is 45.0. The molecule has 0 aliphatic carbocycles. The van der Waals surface area contributed by atoms with Crippen LogP contribution in [0.4, 0.5) is 0 Å². The summed E-state index contributed by atoms with van der Waals surface area (Å²) in [6.45, 7) is -1.86. The topological polar surface area (TPSA) is 338 Å². The van der Waals surface area contributed by atoms with E-state index in [-0.39, 0.29) is 19.4 Å². The fraction of sp³-hybridized carbons (Fsp3) is 0.609. The summed E-state index contributed by atoms with van der Waals surface area (Å²) in [5.41, 5.74) is 10.7. The van der Waals surface area contributed by atoms with E-state index in [1.54, 1.807) is 0 Å². The molecule has 1 heterocycles. The van der Waals surface area contributed by atoms with E-state index in [0.717, 1.165) is 4.90 Å². The minimum atomic E-state index is -1.73. The SMILES string of the molecule is NC(=O)C[C@H](NC(=O)[C@@H](N)CCC(=O)O)C(=O)N[C@@H](CO)C(=O)NCC(=O)N[C@@H](CC(=O)O)C(=O)N1CCC[C@H]1C(=O)O. The van der Waals surface area contributed by atoms with Crippen LogP contribution >= 0.6 is 0 Å². The van der Waals surface area contributed by atoms with E-state index >= 15 is 0 Å². The van der Waals surface area contributed by atoms with Crippen LogP contribution in [0.3, 0.4) is 0 Å². The number of hydrogen-bond donors (Lipinski definition) is 10. The second-order valence-electron chi connectivity index (χ2n) is 9.48. The molecule has 1 saturated heterocycles. The van der Waals surface area contributed by atoms with Crippen LogP contribution in [0.2, 0.25) is 0 Å². The number of carboxylic acids is 3. The van der Waals surface area contributed by atoms with Gasteiger partial charge in [0.15, 0.2) is 0 Å². The second kappa shape index (κ2) is 17.2. The Kier molecular flexibility index (Phi) is 14.5. The zero-order valence-corrected chi connectivity index (χ0v) is 22.8. The number of nitrogens with two attached hydrogens (primary N) is 2. The lowest BCUT2D eigenvalue weighted by Gasteiger charge is -2.26. The molecule has 0 spiro atoms. The molecular weight excluding hydrogens is 582 g/mol. The molecule has 5 atom stereocenters. The Hall–Kier alpha value is -4.85. The van der Waals surface area contributed by atoms with E-state index in [9.17, 15) is 53.4 Å². The largest absolute Gasteiger partial charge is 0.481 e. The van der Waals surface area contributed by atoms with Gasteiger partial charge < -0.3 is 58.1 Å². The number of rotatable bonds is 18. The molecule has 6 amide bonds. The number of nitrogens with one attached hydrogen (secondary N) is 4. The van der Waals surface area contributed by atoms with E-state index in [2.05, 4.69) is 16.0 Å². The molecule has 43 heavy (non-hydrogen) atoms. The average Bonchev–Trinajstić information content (AvgIpc) is 3.42. The van der Waals surface area contributed by atoms with Crippen molar-refractivity contribution in [3.05, 3.63) is 0 Å². The van der Waals surface area contributed by atoms with Crippen molar-refractivity contribution in [1.82, 2.24) is 26.2 Å². The first-order valence-corrected chi connectivity index (χ1v) is 12.9. The highest BCUT2D eigenvalue weighted by atomic mass is 16.4. The average molecular weight is 618 g/mol. The number of aliphatic carboxylic acids is 3. The molecule has 240 valence electrons. The summed E-state index contributed by atoms with van der Waals surface area (Å²) in [6.07, 6.45) is -1.92. The Morgan fingerprint density at radius 1 is 0.814 bits per heavy atom. The van der Waals surface area contributed by atoms with Gasteiger partial charge in [0.05, 0.1) is 32.0 Å². The van der Waals surface area contributed by atoms with Gasteiger partial charge in [0.25, 0.3) is 0 Å². The maximum atomic E-state index is 12.8. The van der Waals surface area contributed by atoms with Crippen molar-refractivity contribution in [2.24, 2.45) is 11.5 Å². The lowest BCUT2D eigenvalue weighted by Crippen LogP contribution is -2.58. The van der Waals surface area contributed by atoms with Crippen LogP contribution in [0.5, 0.6) is 0 Å². The Morgan fingerprint density at radius 2 is 1.44 bits per heavy atom. The van der Waals surface area contributed by atoms with E-state index < -0.39 is 116 Å². The highest BCUT2D eigenvalue weighted by Crippen LogP contribution is 2.19. The highest BCUT2D eigenvalue weighted by Gasteiger charge is 2.38. The number of aliphatic hydroxyl groups excluding tert-OH is 1. The van der Waals surface area contributed by atoms with Crippen molar-refractivity contribution in [3.8, 4) is 0 Å². The summed E-state index contributed by atoms with van der Waals surface area (Å²) in [7, 11) is 0. The van der Waals surface area contributed by atoms with E-state index in [0.29, 0.717) is 6.42 Å². The van der Waals surface area contributed by atoms with Crippen molar-refractivity contribution in [3.63, 3.8) is 0 Å². The molecule has 1 fully saturated rings. The smallest absolute Gasteiger partial charge is 0.326 e. The molecule has 0 radical (unpaired) electrons. The van der Waals surface area contributed by atoms with Gasteiger partial charge in [-0.15, -0.1) is 0 Å². The normalized spacial score (nSPS) is 17.0. The molecule has 0 aromatic rings. The van der Waals surface area contributed by atoms with Gasteiger partial charge in [-0.3, -0.25) is 38.4 Å². The van der Waals surface area contributed by atoms with Gasteiger partial charge >= 0.3 is 17.9 Å². The van der Waals surface area contributed by atoms with Crippen molar-refractivity contribution in [1.29, 1.82) is 0 Å². The minimum Gasteiger partial charge on any atom is -0.481 e. The molecule has 0 aromatic heterocycles. The molecule has 0 aromatic carbocycles. The summed E-state index contributed by atoms with van der Waals surface area (Å²) < 4.78 is 0. The first-order chi connectivity index (χ1) is 20.1. The Bertz CT molecular complexity index is 1120. The number of carboxylic acid groups (broad SMARTS) is 3. The van der Waals surface area contributed by atoms with Crippen LogP contribution < -0.4 is 32.7 Å². The Balaban J connectivity index is 2.82. The molecule has 20 heteroatoms. The van der Waals surface area contributed by atoms with Gasteiger partial charge in [-0.2, -0.15) is 0 Å². The van der Waals surface area contributed by atoms with Gasteiger partial charge in [-0.1, -0.05) is 0 Å². The van der Waals surface area contributed by atoms with Crippen LogP contribution in [0.1, 0.15) is 38.5 Å². The number of hydrogen-bond acceptors (Lipinski definition) is 11. The number of carbonyl (C=O) groups is 9. The third kappa shape index (κ3) is 12.3. The van der Waals surface area contributed by atoms with E-state index in [1.165, 1.54) is 0 Å². The molecule has 0 unspecified atom stereocenters. The van der Waals surface area contributed by atoms with Crippen molar-refractivity contribution >= 4 is 53.4 Å². The molecule has 1 rings (SSSR count). The van der Waals surface area contributed by atoms with Crippen molar-refractivity contribution in [2.45, 2.75) is 68.7 Å². The first kappa shape index (κ1) is 36.2. The number of amides is 6. The summed E-state index contributed by atoms with van der Waals surface area (Å²) in [4.78, 5) is 108. The number of nitrogens with zero attached hydrogens (tertiary/aromatic N) is 1. The van der Waals surface area contributed by atoms with Crippen molar-refractivity contribution in [2.75, 3.05) is 19.7 Å². The minimum absolute atomic E-state index is 0.0296. The van der Waals surface area contributed by atoms with Gasteiger partial charge in [0.2, 0.25) is 35.4 Å². The fourth-order valence-electron chi connectivity index (χ4n) is 3.96. The Labute approximate surface area is 243 Å². The zero-order valence-electron chi connectivity index (χ0n) is 22.8. The van der Waals surface area contributed by atoms with Crippen LogP contribution in [0, 0.1) is 0 Å². The first-order valence-electron chi connectivity index (χ1n) is 12.9. The number of aliphatic hydroxyl groups is 1. The predicted octanol–water partition coefficient (Wildman–Crippen LogP) is -5.83. The number of carbonyl (C=O) groups excluding carboxylic acids is 6. The third-order valence-electron chi connectivity index (χ3n) is 6.12. The molecule has 12 N–H and O–H groups in total. The summed E-state index contributed by atoms with van der Waals surface area (Å²) in [6, 6.07) is -7.63. The van der Waals surface area contributed by atoms with Crippen LogP contribution in [-0.4, -0.2) is 129 Å². The molecular formula is C23H35N7O13. The second-order valence-corrected chi connectivity index (χ2v) is 9.48. The van der Waals surface area contributed by atoms with Gasteiger partial charge in [-0.05, 0) is 19.3 Å². The Morgan fingerprint density at radius 3 is 1.98 bits per heavy atom. The maximum absolute atomic E-state index is 12.8. The van der Waals surface area contributed by atoms with E-state index in [4.69, 9.17) is 21.7 Å². The van der Waals surface area contributed by atoms with Gasteiger partial charge in [0, 0.05) is 13.0 Å². The molecule has 0 saturated carbocycles. The number of likely N-dealkylation sites (tertiary alicyclic amines) is 1. The number of primary amides is 1. The molecule has 1 aliphatic rings. The molecule has 0 bridgehead atoms. The van der Waals surface area contributed by atoms with Crippen LogP contribution in [-0.2, 0) is 43.2 Å². The third-order valence-corrected chi connectivity index (χ3v) is 6.12. The van der Waals surface area contributed by atoms with Gasteiger partial charge in [-0.25, -0.2) is 4.79 Å². The highest BCUT2D eigenvalue weighted by molar-refractivity contribution is 5.97. The maximum Gasteiger partial charge on any atom is 0.326 e. The monoisotopic (exact) mass is 617 g/mol. The van der Waals surface area contributed by atoms with E-state index in [1.807, 2.05) is 5.32 Å². The summed E-state index contributed by atoms with van der Waals surface area (Å²) in [5.74, 6) is -10.4. The van der Waals surface area contributed by atoms with Crippen LogP contribution in [0.25, 0.3) is 0 Å². The molecule has 20 nitrogen and oxygen atoms in total. The zero-order chi connectivity index (χ0) is 32.9. The van der Waals surface area contributed by atoms with Gasteiger partial charge in [0.1, 0.15) is 24.2 Å². The lowest BCUT2D eigenvalue weighted by atomic mass is 10.1. The summed E-state index contributed by atoms with van der Waals surface area (Å²) >= 11 is 0. The molecule has 1 aliphatic heterocycles. The van der Waals surface area contributed by atoms with Crippen molar-refractivity contribution < 1.29 is 63.6 Å². The standard InChI is InChI=1S/C23H35N7O13/c24-10(3-4-17(34)35)19(38)28-11(6-15(25)32)21(40)29-13(9-31)20(39)26-8-16(33)27-12(7-18(36)37)22(41)30-5-1-2-14(30)23(42)43/h10-14,31H,1-9,24H2,(H2,25,32)(H,26,39)(H,27,33)(H,28,38)(H,29,40)(H,34,35)(H,36,37)(H,42,43)/t10-,11-,12-,13-,14-/m0/s1. The van der Waals surface area contributed by atoms with Crippen LogP contribution in [0.15, 0.2) is 0 Å². The fourth-order valence-corrected chi connectivity index (χ4v) is 3.96. The predicted molar refractivity (Wildman–Crippen MR) is 139 cm³/mol.